The summed E-state index contributed by atoms with van der Waals surface area (Å²) in [7, 11) is 0. The van der Waals surface area contributed by atoms with Gasteiger partial charge >= 0.3 is 0 Å². The van der Waals surface area contributed by atoms with Crippen molar-refractivity contribution in [3.63, 3.8) is 0 Å². The Morgan fingerprint density at radius 2 is 1.73 bits per heavy atom. The summed E-state index contributed by atoms with van der Waals surface area (Å²) >= 11 is 0. The van der Waals surface area contributed by atoms with E-state index in [0.29, 0.717) is 0 Å². The van der Waals surface area contributed by atoms with Crippen molar-refractivity contribution >= 4 is 5.78 Å². The van der Waals surface area contributed by atoms with Crippen LogP contribution < -0.4 is 0 Å². The second-order valence-corrected chi connectivity index (χ2v) is 3.17. The quantitative estimate of drug-likeness (QED) is 0.737. The first-order valence-corrected chi connectivity index (χ1v) is 4.61. The van der Waals surface area contributed by atoms with Gasteiger partial charge in [0.1, 0.15) is 0 Å². The van der Waals surface area contributed by atoms with Crippen molar-refractivity contribution in [2.45, 2.75) is 25.4 Å². The molecule has 4 heteroatoms. The lowest BCUT2D eigenvalue weighted by Gasteiger charge is -2.06. The predicted molar refractivity (Wildman–Crippen MR) is 50.5 cm³/mol. The molecule has 0 saturated heterocycles. The first-order valence-electron chi connectivity index (χ1n) is 4.61. The molecule has 0 aliphatic rings. The summed E-state index contributed by atoms with van der Waals surface area (Å²) in [6.07, 6.45) is -5.35. The molecule has 0 N–H and O–H groups in total. The zero-order valence-corrected chi connectivity index (χ0v) is 8.00. The van der Waals surface area contributed by atoms with Crippen LogP contribution in [0, 0.1) is 0 Å². The fraction of sp³-hybridized carbons (Fsp3) is 0.364. The van der Waals surface area contributed by atoms with E-state index in [1.807, 2.05) is 0 Å². The van der Waals surface area contributed by atoms with E-state index in [2.05, 4.69) is 0 Å². The Morgan fingerprint density at radius 1 is 1.13 bits per heavy atom. The molecule has 0 saturated carbocycles. The summed E-state index contributed by atoms with van der Waals surface area (Å²) in [5.41, 5.74) is 0.219. The summed E-state index contributed by atoms with van der Waals surface area (Å²) < 4.78 is 37.0. The minimum Gasteiger partial charge on any atom is -0.296 e. The first kappa shape index (κ1) is 11.8. The Kier molecular flexibility index (Phi) is 4.34. The van der Waals surface area contributed by atoms with Crippen LogP contribution in [0.25, 0.3) is 0 Å². The maximum atomic E-state index is 13.4. The van der Waals surface area contributed by atoms with Gasteiger partial charge in [-0.3, -0.25) is 4.79 Å². The van der Waals surface area contributed by atoms with Crippen LogP contribution in [0.2, 0.25) is 0 Å². The van der Waals surface area contributed by atoms with Gasteiger partial charge in [-0.1, -0.05) is 30.3 Å². The monoisotopic (exact) mass is 216 g/mol. The summed E-state index contributed by atoms with van der Waals surface area (Å²) in [5.74, 6) is -0.790. The first-order chi connectivity index (χ1) is 7.11. The van der Waals surface area contributed by atoms with E-state index in [4.69, 9.17) is 0 Å². The largest absolute Gasteiger partial charge is 0.296 e. The van der Waals surface area contributed by atoms with Gasteiger partial charge in [0.05, 0.1) is 0 Å². The highest BCUT2D eigenvalue weighted by Gasteiger charge is 2.20. The molecule has 1 nitrogen and oxygen atoms in total. The van der Waals surface area contributed by atoms with Crippen molar-refractivity contribution in [1.82, 2.24) is 0 Å². The minimum absolute atomic E-state index is 0.219. The second kappa shape index (κ2) is 5.53. The summed E-state index contributed by atoms with van der Waals surface area (Å²) in [4.78, 5) is 11.1. The summed E-state index contributed by atoms with van der Waals surface area (Å²) in [6.45, 7) is 0. The van der Waals surface area contributed by atoms with Crippen LogP contribution >= 0.6 is 0 Å². The van der Waals surface area contributed by atoms with Gasteiger partial charge < -0.3 is 0 Å². The highest BCUT2D eigenvalue weighted by Crippen LogP contribution is 2.20. The van der Waals surface area contributed by atoms with Crippen molar-refractivity contribution in [2.75, 3.05) is 0 Å². The van der Waals surface area contributed by atoms with E-state index in [-0.39, 0.29) is 5.56 Å². The lowest BCUT2D eigenvalue weighted by Crippen LogP contribution is -2.09. The number of hydrogen-bond acceptors (Lipinski definition) is 1. The van der Waals surface area contributed by atoms with Crippen LogP contribution in [-0.4, -0.2) is 12.2 Å². The smallest absolute Gasteiger partial charge is 0.239 e. The molecule has 82 valence electrons. The lowest BCUT2D eigenvalue weighted by molar-refractivity contribution is -0.124. The van der Waals surface area contributed by atoms with Gasteiger partial charge in [-0.25, -0.2) is 13.2 Å². The molecule has 1 atom stereocenters. The van der Waals surface area contributed by atoms with Crippen molar-refractivity contribution < 1.29 is 18.0 Å². The van der Waals surface area contributed by atoms with Crippen LogP contribution in [0.4, 0.5) is 13.2 Å². The summed E-state index contributed by atoms with van der Waals surface area (Å²) in [5, 5.41) is 0. The molecule has 1 aromatic rings. The van der Waals surface area contributed by atoms with E-state index in [9.17, 15) is 18.0 Å². The maximum Gasteiger partial charge on any atom is 0.239 e. The lowest BCUT2D eigenvalue weighted by atomic mass is 10.0. The average Bonchev–Trinajstić information content (AvgIpc) is 2.26. The molecule has 0 aliphatic carbocycles. The van der Waals surface area contributed by atoms with Crippen LogP contribution in [0.3, 0.4) is 0 Å². The predicted octanol–water partition coefficient (Wildman–Crippen LogP) is 3.31. The molecule has 0 amide bonds. The number of carbonyl (C=O) groups is 1. The SMILES string of the molecule is O=C(CCC(F)F)C(F)c1ccccc1. The molecular formula is C11H11F3O. The van der Waals surface area contributed by atoms with Gasteiger partial charge in [-0.05, 0) is 5.56 Å². The fourth-order valence-corrected chi connectivity index (χ4v) is 1.19. The standard InChI is InChI=1S/C11H11F3O/c12-10(13)7-6-9(15)11(14)8-4-2-1-3-5-8/h1-5,10-11H,6-7H2. The average molecular weight is 216 g/mol. The number of halogens is 3. The normalized spacial score (nSPS) is 12.8. The van der Waals surface area contributed by atoms with E-state index in [0.717, 1.165) is 0 Å². The third-order valence-electron chi connectivity index (χ3n) is 1.98. The molecule has 0 radical (unpaired) electrons. The third-order valence-corrected chi connectivity index (χ3v) is 1.98. The van der Waals surface area contributed by atoms with Crippen LogP contribution in [0.1, 0.15) is 24.6 Å². The van der Waals surface area contributed by atoms with Gasteiger partial charge in [-0.2, -0.15) is 0 Å². The topological polar surface area (TPSA) is 17.1 Å². The molecule has 0 bridgehead atoms. The highest BCUT2D eigenvalue weighted by molar-refractivity contribution is 5.84. The van der Waals surface area contributed by atoms with Gasteiger partial charge in [0.25, 0.3) is 0 Å². The Morgan fingerprint density at radius 3 is 2.27 bits per heavy atom. The molecule has 15 heavy (non-hydrogen) atoms. The number of ketones is 1. The van der Waals surface area contributed by atoms with Crippen molar-refractivity contribution in [3.8, 4) is 0 Å². The maximum absolute atomic E-state index is 13.4. The highest BCUT2D eigenvalue weighted by atomic mass is 19.3. The zero-order chi connectivity index (χ0) is 11.3. The molecule has 0 heterocycles. The van der Waals surface area contributed by atoms with Crippen LogP contribution in [-0.2, 0) is 4.79 Å². The number of carbonyl (C=O) groups excluding carboxylic acids is 1. The van der Waals surface area contributed by atoms with Crippen LogP contribution in [0.5, 0.6) is 0 Å². The molecule has 0 aliphatic heterocycles. The molecule has 1 unspecified atom stereocenters. The van der Waals surface area contributed by atoms with Gasteiger partial charge in [0.2, 0.25) is 6.43 Å². The van der Waals surface area contributed by atoms with E-state index >= 15 is 0 Å². The van der Waals surface area contributed by atoms with Crippen molar-refractivity contribution in [3.05, 3.63) is 35.9 Å². The molecular weight excluding hydrogens is 205 g/mol. The van der Waals surface area contributed by atoms with E-state index in [1.54, 1.807) is 18.2 Å². The minimum atomic E-state index is -2.56. The molecule has 0 fully saturated rings. The Hall–Kier alpha value is -1.32. The number of alkyl halides is 3. The van der Waals surface area contributed by atoms with Crippen molar-refractivity contribution in [1.29, 1.82) is 0 Å². The zero-order valence-electron chi connectivity index (χ0n) is 8.00. The van der Waals surface area contributed by atoms with Gasteiger partial charge in [-0.15, -0.1) is 0 Å². The Labute approximate surface area is 85.9 Å². The third kappa shape index (κ3) is 3.73. The summed E-state index contributed by atoms with van der Waals surface area (Å²) in [6, 6.07) is 7.82. The number of hydrogen-bond donors (Lipinski definition) is 0. The second-order valence-electron chi connectivity index (χ2n) is 3.17. The van der Waals surface area contributed by atoms with Gasteiger partial charge in [0, 0.05) is 12.8 Å². The molecule has 0 aromatic heterocycles. The molecule has 0 spiro atoms. The van der Waals surface area contributed by atoms with E-state index in [1.165, 1.54) is 12.1 Å². The van der Waals surface area contributed by atoms with Crippen molar-refractivity contribution in [2.24, 2.45) is 0 Å². The number of benzene rings is 1. The number of rotatable bonds is 5. The Balaban J connectivity index is 2.54. The molecule has 1 rings (SSSR count). The van der Waals surface area contributed by atoms with E-state index < -0.39 is 31.2 Å². The van der Waals surface area contributed by atoms with Crippen LogP contribution in [0.15, 0.2) is 30.3 Å². The van der Waals surface area contributed by atoms with Gasteiger partial charge in [0.15, 0.2) is 12.0 Å². The Bertz CT molecular complexity index is 311. The number of Topliss-reactive ketones (excluding diaryl/α,β-unsaturated/α-hetero) is 1. The molecule has 1 aromatic carbocycles. The fourth-order valence-electron chi connectivity index (χ4n) is 1.19.